The molecule has 10 aromatic rings. The van der Waals surface area contributed by atoms with E-state index in [1.165, 1.54) is 43.4 Å². The van der Waals surface area contributed by atoms with Crippen molar-refractivity contribution in [3.63, 3.8) is 0 Å². The van der Waals surface area contributed by atoms with Crippen molar-refractivity contribution in [3.8, 4) is 50.7 Å². The van der Waals surface area contributed by atoms with Gasteiger partial charge >= 0.3 is 0 Å². The number of hydrogen-bond acceptors (Lipinski definition) is 2. The number of nitrogens with zero attached hydrogens (tertiary/aromatic N) is 3. The maximum Gasteiger partial charge on any atom is 0.160 e. The Balaban J connectivity index is 1.06. The van der Waals surface area contributed by atoms with Crippen molar-refractivity contribution < 1.29 is 0 Å². The molecular formula is C48H31N3. The van der Waals surface area contributed by atoms with Crippen LogP contribution in [0.2, 0.25) is 0 Å². The Kier molecular flexibility index (Phi) is 6.81. The summed E-state index contributed by atoms with van der Waals surface area (Å²) in [4.78, 5) is 10.4. The Hall–Kier alpha value is -6.84. The van der Waals surface area contributed by atoms with E-state index in [9.17, 15) is 0 Å². The highest BCUT2D eigenvalue weighted by molar-refractivity contribution is 6.09. The summed E-state index contributed by atoms with van der Waals surface area (Å²) in [5.74, 6) is 0.705. The lowest BCUT2D eigenvalue weighted by Crippen LogP contribution is -1.97. The van der Waals surface area contributed by atoms with E-state index in [0.29, 0.717) is 5.82 Å². The van der Waals surface area contributed by atoms with E-state index in [4.69, 9.17) is 9.97 Å². The molecule has 0 aliphatic carbocycles. The van der Waals surface area contributed by atoms with Crippen LogP contribution in [0.3, 0.4) is 0 Å². The maximum absolute atomic E-state index is 5.21. The molecule has 51 heavy (non-hydrogen) atoms. The lowest BCUT2D eigenvalue weighted by molar-refractivity contribution is 1.18. The summed E-state index contributed by atoms with van der Waals surface area (Å²) in [6, 6.07) is 66.7. The topological polar surface area (TPSA) is 30.7 Å². The molecule has 3 heteroatoms. The van der Waals surface area contributed by atoms with Crippen molar-refractivity contribution >= 4 is 43.4 Å². The quantitative estimate of drug-likeness (QED) is 0.186. The van der Waals surface area contributed by atoms with Crippen LogP contribution >= 0.6 is 0 Å². The van der Waals surface area contributed by atoms with Gasteiger partial charge in [-0.3, -0.25) is 0 Å². The third-order valence-corrected chi connectivity index (χ3v) is 10.0. The van der Waals surface area contributed by atoms with Gasteiger partial charge in [0.2, 0.25) is 0 Å². The Labute approximate surface area is 295 Å². The number of rotatable bonds is 5. The molecule has 0 atom stereocenters. The summed E-state index contributed by atoms with van der Waals surface area (Å²) in [7, 11) is 0. The van der Waals surface area contributed by atoms with E-state index in [1.54, 1.807) is 0 Å². The summed E-state index contributed by atoms with van der Waals surface area (Å²) >= 11 is 0. The molecule has 0 aliphatic rings. The van der Waals surface area contributed by atoms with Gasteiger partial charge in [0, 0.05) is 33.2 Å². The zero-order chi connectivity index (χ0) is 33.7. The van der Waals surface area contributed by atoms with Crippen molar-refractivity contribution in [2.75, 3.05) is 0 Å². The fourth-order valence-electron chi connectivity index (χ4n) is 7.57. The highest BCUT2D eigenvalue weighted by Crippen LogP contribution is 2.36. The molecule has 8 aromatic carbocycles. The van der Waals surface area contributed by atoms with E-state index in [-0.39, 0.29) is 0 Å². The molecule has 2 heterocycles. The van der Waals surface area contributed by atoms with Crippen LogP contribution in [0.1, 0.15) is 0 Å². The first kappa shape index (κ1) is 29.1. The van der Waals surface area contributed by atoms with E-state index in [1.807, 2.05) is 0 Å². The molecule has 0 saturated carbocycles. The Bertz CT molecular complexity index is 2740. The predicted octanol–water partition coefficient (Wildman–Crippen LogP) is 12.5. The smallest absolute Gasteiger partial charge is 0.160 e. The Morgan fingerprint density at radius 3 is 1.27 bits per heavy atom. The lowest BCUT2D eigenvalue weighted by Gasteiger charge is -2.13. The predicted molar refractivity (Wildman–Crippen MR) is 213 cm³/mol. The fourth-order valence-corrected chi connectivity index (χ4v) is 7.57. The minimum atomic E-state index is 0.705. The second-order valence-corrected chi connectivity index (χ2v) is 13.0. The molecule has 0 saturated heterocycles. The summed E-state index contributed by atoms with van der Waals surface area (Å²) in [5, 5.41) is 7.26. The van der Waals surface area contributed by atoms with E-state index in [0.717, 1.165) is 44.9 Å². The highest BCUT2D eigenvalue weighted by atomic mass is 15.0. The molecule has 0 unspecified atom stereocenters. The van der Waals surface area contributed by atoms with Crippen LogP contribution in [0.25, 0.3) is 94.1 Å². The molecular weight excluding hydrogens is 619 g/mol. The van der Waals surface area contributed by atoms with Gasteiger partial charge in [-0.25, -0.2) is 9.97 Å². The Morgan fingerprint density at radius 2 is 0.745 bits per heavy atom. The monoisotopic (exact) mass is 649 g/mol. The zero-order valence-corrected chi connectivity index (χ0v) is 27.7. The number of para-hydroxylation sites is 2. The molecule has 0 spiro atoms. The molecule has 2 aromatic heterocycles. The molecule has 0 aliphatic heterocycles. The maximum atomic E-state index is 5.21. The van der Waals surface area contributed by atoms with Gasteiger partial charge in [0.1, 0.15) is 0 Å². The lowest BCUT2D eigenvalue weighted by atomic mass is 9.98. The van der Waals surface area contributed by atoms with Gasteiger partial charge < -0.3 is 4.57 Å². The van der Waals surface area contributed by atoms with Crippen molar-refractivity contribution in [1.82, 2.24) is 14.5 Å². The van der Waals surface area contributed by atoms with Crippen LogP contribution in [-0.2, 0) is 0 Å². The van der Waals surface area contributed by atoms with Crippen LogP contribution in [0.15, 0.2) is 188 Å². The van der Waals surface area contributed by atoms with Crippen LogP contribution in [0.4, 0.5) is 0 Å². The first-order valence-electron chi connectivity index (χ1n) is 17.3. The molecule has 0 radical (unpaired) electrons. The van der Waals surface area contributed by atoms with Gasteiger partial charge in [0.25, 0.3) is 0 Å². The summed E-state index contributed by atoms with van der Waals surface area (Å²) in [6.07, 6.45) is 0. The Morgan fingerprint density at radius 1 is 0.333 bits per heavy atom. The largest absolute Gasteiger partial charge is 0.309 e. The first-order chi connectivity index (χ1) is 25.3. The third kappa shape index (κ3) is 4.98. The van der Waals surface area contributed by atoms with Gasteiger partial charge in [-0.1, -0.05) is 158 Å². The van der Waals surface area contributed by atoms with E-state index < -0.39 is 0 Å². The summed E-state index contributed by atoms with van der Waals surface area (Å²) in [5.41, 5.74) is 10.9. The average Bonchev–Trinajstić information content (AvgIpc) is 3.55. The van der Waals surface area contributed by atoms with Crippen molar-refractivity contribution in [2.24, 2.45) is 0 Å². The minimum Gasteiger partial charge on any atom is -0.309 e. The standard InChI is InChI=1S/C48H31N3/c1-3-15-38-34(11-1)13-9-19-40(38)44-31-45(41-20-10-14-35-12-2-4-16-39(35)41)50-48(49-44)36-25-23-32(24-26-36)33-27-29-37(30-28-33)51-46-21-7-5-17-42(46)43-18-6-8-22-47(43)51/h1-31H. The fraction of sp³-hybridized carbons (Fsp3) is 0. The third-order valence-electron chi connectivity index (χ3n) is 10.0. The molecule has 3 nitrogen and oxygen atoms in total. The van der Waals surface area contributed by atoms with Gasteiger partial charge in [0.15, 0.2) is 5.82 Å². The normalized spacial score (nSPS) is 11.5. The summed E-state index contributed by atoms with van der Waals surface area (Å²) < 4.78 is 2.35. The van der Waals surface area contributed by atoms with Crippen molar-refractivity contribution in [1.29, 1.82) is 0 Å². The van der Waals surface area contributed by atoms with Gasteiger partial charge in [-0.05, 0) is 63.0 Å². The molecule has 0 amide bonds. The number of aromatic nitrogens is 3. The summed E-state index contributed by atoms with van der Waals surface area (Å²) in [6.45, 7) is 0. The highest BCUT2D eigenvalue weighted by Gasteiger charge is 2.15. The van der Waals surface area contributed by atoms with Gasteiger partial charge in [-0.15, -0.1) is 0 Å². The molecule has 0 N–H and O–H groups in total. The van der Waals surface area contributed by atoms with E-state index in [2.05, 4.69) is 193 Å². The van der Waals surface area contributed by atoms with Crippen LogP contribution in [0.5, 0.6) is 0 Å². The number of benzene rings is 8. The van der Waals surface area contributed by atoms with Crippen molar-refractivity contribution in [2.45, 2.75) is 0 Å². The van der Waals surface area contributed by atoms with Crippen LogP contribution < -0.4 is 0 Å². The van der Waals surface area contributed by atoms with Crippen LogP contribution in [0, 0.1) is 0 Å². The second-order valence-electron chi connectivity index (χ2n) is 13.0. The average molecular weight is 650 g/mol. The molecule has 10 rings (SSSR count). The van der Waals surface area contributed by atoms with Gasteiger partial charge in [0.05, 0.1) is 22.4 Å². The number of fused-ring (bicyclic) bond motifs is 5. The van der Waals surface area contributed by atoms with Crippen molar-refractivity contribution in [3.05, 3.63) is 188 Å². The van der Waals surface area contributed by atoms with Crippen LogP contribution in [-0.4, -0.2) is 14.5 Å². The first-order valence-corrected chi connectivity index (χ1v) is 17.3. The minimum absolute atomic E-state index is 0.705. The molecule has 238 valence electrons. The second kappa shape index (κ2) is 11.9. The molecule has 0 fully saturated rings. The SMILES string of the molecule is c1ccc2c(-c3cc(-c4cccc5ccccc45)nc(-c4ccc(-c5ccc(-n6c7ccccc7c7ccccc76)cc5)cc4)n3)cccc2c1. The van der Waals surface area contributed by atoms with E-state index >= 15 is 0 Å². The molecule has 0 bridgehead atoms. The number of hydrogen-bond donors (Lipinski definition) is 0. The zero-order valence-electron chi connectivity index (χ0n) is 27.7. The van der Waals surface area contributed by atoms with Gasteiger partial charge in [-0.2, -0.15) is 0 Å².